The molecule has 14 heavy (non-hydrogen) atoms. The third-order valence-electron chi connectivity index (χ3n) is 2.13. The van der Waals surface area contributed by atoms with E-state index >= 15 is 0 Å². The molecule has 0 aromatic rings. The summed E-state index contributed by atoms with van der Waals surface area (Å²) < 4.78 is 5.43. The molecule has 1 fully saturated rings. The average Bonchev–Trinajstić information content (AvgIpc) is 2.06. The van der Waals surface area contributed by atoms with Crippen molar-refractivity contribution < 1.29 is 9.53 Å². The van der Waals surface area contributed by atoms with Gasteiger partial charge in [-0.25, -0.2) is 0 Å². The van der Waals surface area contributed by atoms with Crippen LogP contribution in [0.2, 0.25) is 0 Å². The molecule has 0 radical (unpaired) electrons. The molecule has 0 unspecified atom stereocenters. The highest BCUT2D eigenvalue weighted by Gasteiger charge is 2.16. The first kappa shape index (κ1) is 11.5. The maximum Gasteiger partial charge on any atom is 0.222 e. The first-order valence-corrected chi connectivity index (χ1v) is 5.27. The molecular weight excluding hydrogens is 180 g/mol. The van der Waals surface area contributed by atoms with E-state index in [1.165, 1.54) is 0 Å². The third-order valence-corrected chi connectivity index (χ3v) is 2.13. The van der Waals surface area contributed by atoms with E-state index in [0.29, 0.717) is 25.0 Å². The van der Waals surface area contributed by atoms with Gasteiger partial charge in [0.15, 0.2) is 0 Å². The smallest absolute Gasteiger partial charge is 0.222 e. The Morgan fingerprint density at radius 3 is 2.79 bits per heavy atom. The van der Waals surface area contributed by atoms with Gasteiger partial charge < -0.3 is 15.4 Å². The Morgan fingerprint density at radius 1 is 1.57 bits per heavy atom. The van der Waals surface area contributed by atoms with Crippen molar-refractivity contribution in [3.63, 3.8) is 0 Å². The predicted octanol–water partition coefficient (Wildman–Crippen LogP) is 0.137. The molecule has 1 amide bonds. The fraction of sp³-hybridized carbons (Fsp3) is 0.900. The summed E-state index contributed by atoms with van der Waals surface area (Å²) in [5.41, 5.74) is 0. The molecule has 4 heteroatoms. The van der Waals surface area contributed by atoms with Gasteiger partial charge in [0, 0.05) is 26.1 Å². The predicted molar refractivity (Wildman–Crippen MR) is 55.1 cm³/mol. The summed E-state index contributed by atoms with van der Waals surface area (Å²) in [4.78, 5) is 11.2. The van der Waals surface area contributed by atoms with Crippen molar-refractivity contribution in [2.45, 2.75) is 26.4 Å². The summed E-state index contributed by atoms with van der Waals surface area (Å²) >= 11 is 0. The Kier molecular flexibility index (Phi) is 4.90. The second-order valence-electron chi connectivity index (χ2n) is 4.10. The topological polar surface area (TPSA) is 50.4 Å². The zero-order valence-electron chi connectivity index (χ0n) is 9.01. The van der Waals surface area contributed by atoms with Crippen LogP contribution in [0, 0.1) is 5.92 Å². The third kappa shape index (κ3) is 4.58. The van der Waals surface area contributed by atoms with Crippen LogP contribution in [0.1, 0.15) is 20.3 Å². The average molecular weight is 200 g/mol. The van der Waals surface area contributed by atoms with Gasteiger partial charge in [-0.05, 0) is 5.92 Å². The van der Waals surface area contributed by atoms with E-state index in [0.717, 1.165) is 19.6 Å². The molecule has 0 bridgehead atoms. The van der Waals surface area contributed by atoms with Crippen LogP contribution in [0.15, 0.2) is 0 Å². The van der Waals surface area contributed by atoms with Crippen LogP contribution in [0.3, 0.4) is 0 Å². The Balaban J connectivity index is 1.91. The molecule has 0 aromatic heterocycles. The molecule has 1 rings (SSSR count). The van der Waals surface area contributed by atoms with Gasteiger partial charge in [0.05, 0.1) is 12.7 Å². The van der Waals surface area contributed by atoms with Gasteiger partial charge in [-0.2, -0.15) is 0 Å². The summed E-state index contributed by atoms with van der Waals surface area (Å²) in [6.07, 6.45) is 0.802. The molecule has 4 nitrogen and oxygen atoms in total. The molecule has 0 saturated carbocycles. The lowest BCUT2D eigenvalue weighted by Gasteiger charge is -2.26. The lowest BCUT2D eigenvalue weighted by molar-refractivity contribution is -0.123. The normalized spacial score (nSPS) is 16.8. The Labute approximate surface area is 85.4 Å². The highest BCUT2D eigenvalue weighted by atomic mass is 16.5. The summed E-state index contributed by atoms with van der Waals surface area (Å²) in [7, 11) is 0. The molecule has 1 heterocycles. The highest BCUT2D eigenvalue weighted by molar-refractivity contribution is 5.75. The maximum absolute atomic E-state index is 11.2. The number of carbonyl (C=O) groups excluding carboxylic acids is 1. The highest BCUT2D eigenvalue weighted by Crippen LogP contribution is 1.98. The van der Waals surface area contributed by atoms with E-state index in [-0.39, 0.29) is 5.91 Å². The fourth-order valence-corrected chi connectivity index (χ4v) is 1.10. The van der Waals surface area contributed by atoms with Crippen LogP contribution in [-0.2, 0) is 9.53 Å². The summed E-state index contributed by atoms with van der Waals surface area (Å²) in [6, 6.07) is 0. The number of amides is 1. The van der Waals surface area contributed by atoms with E-state index in [1.54, 1.807) is 0 Å². The number of carbonyl (C=O) groups is 1. The monoisotopic (exact) mass is 200 g/mol. The van der Waals surface area contributed by atoms with Gasteiger partial charge >= 0.3 is 0 Å². The SMILES string of the molecule is CC(C)CNC(=O)CCOC1CNC1. The first-order chi connectivity index (χ1) is 6.68. The van der Waals surface area contributed by atoms with Crippen molar-refractivity contribution in [2.24, 2.45) is 5.92 Å². The van der Waals surface area contributed by atoms with Crippen LogP contribution in [0.4, 0.5) is 0 Å². The molecular formula is C10H20N2O2. The van der Waals surface area contributed by atoms with Gasteiger partial charge in [0.1, 0.15) is 0 Å². The van der Waals surface area contributed by atoms with E-state index in [1.807, 2.05) is 0 Å². The van der Waals surface area contributed by atoms with Gasteiger partial charge in [-0.15, -0.1) is 0 Å². The molecule has 1 saturated heterocycles. The van der Waals surface area contributed by atoms with Crippen LogP contribution >= 0.6 is 0 Å². The van der Waals surface area contributed by atoms with E-state index < -0.39 is 0 Å². The zero-order valence-corrected chi connectivity index (χ0v) is 9.01. The van der Waals surface area contributed by atoms with Gasteiger partial charge in [-0.1, -0.05) is 13.8 Å². The largest absolute Gasteiger partial charge is 0.375 e. The number of nitrogens with one attached hydrogen (secondary N) is 2. The van der Waals surface area contributed by atoms with E-state index in [4.69, 9.17) is 4.74 Å². The molecule has 0 atom stereocenters. The van der Waals surface area contributed by atoms with E-state index in [9.17, 15) is 4.79 Å². The van der Waals surface area contributed by atoms with Gasteiger partial charge in [-0.3, -0.25) is 4.79 Å². The minimum Gasteiger partial charge on any atom is -0.375 e. The maximum atomic E-state index is 11.2. The molecule has 0 aromatic carbocycles. The van der Waals surface area contributed by atoms with Gasteiger partial charge in [0.25, 0.3) is 0 Å². The number of hydrogen-bond acceptors (Lipinski definition) is 3. The van der Waals surface area contributed by atoms with Crippen molar-refractivity contribution in [1.82, 2.24) is 10.6 Å². The minimum atomic E-state index is 0.0889. The molecule has 1 aliphatic heterocycles. The number of ether oxygens (including phenoxy) is 1. The Morgan fingerprint density at radius 2 is 2.29 bits per heavy atom. The summed E-state index contributed by atoms with van der Waals surface area (Å²) in [5, 5.41) is 5.97. The molecule has 0 spiro atoms. The van der Waals surface area contributed by atoms with Crippen molar-refractivity contribution in [2.75, 3.05) is 26.2 Å². The number of rotatable bonds is 6. The molecule has 1 aliphatic rings. The first-order valence-electron chi connectivity index (χ1n) is 5.27. The number of hydrogen-bond donors (Lipinski definition) is 2. The fourth-order valence-electron chi connectivity index (χ4n) is 1.10. The van der Waals surface area contributed by atoms with Crippen LogP contribution in [-0.4, -0.2) is 38.3 Å². The second kappa shape index (κ2) is 5.98. The zero-order chi connectivity index (χ0) is 10.4. The summed E-state index contributed by atoms with van der Waals surface area (Å²) in [6.45, 7) is 7.30. The second-order valence-corrected chi connectivity index (χ2v) is 4.10. The van der Waals surface area contributed by atoms with Crippen molar-refractivity contribution in [3.8, 4) is 0 Å². The molecule has 0 aliphatic carbocycles. The van der Waals surface area contributed by atoms with Crippen molar-refractivity contribution in [1.29, 1.82) is 0 Å². The van der Waals surface area contributed by atoms with Crippen molar-refractivity contribution in [3.05, 3.63) is 0 Å². The van der Waals surface area contributed by atoms with Crippen LogP contribution in [0.25, 0.3) is 0 Å². The Hall–Kier alpha value is -0.610. The standard InChI is InChI=1S/C10H20N2O2/c1-8(2)5-12-10(13)3-4-14-9-6-11-7-9/h8-9,11H,3-7H2,1-2H3,(H,12,13). The summed E-state index contributed by atoms with van der Waals surface area (Å²) in [5.74, 6) is 0.599. The molecule has 2 N–H and O–H groups in total. The van der Waals surface area contributed by atoms with Crippen molar-refractivity contribution >= 4 is 5.91 Å². The van der Waals surface area contributed by atoms with Crippen LogP contribution in [0.5, 0.6) is 0 Å². The Bertz CT molecular complexity index is 179. The van der Waals surface area contributed by atoms with E-state index in [2.05, 4.69) is 24.5 Å². The lowest BCUT2D eigenvalue weighted by Crippen LogP contribution is -2.48. The van der Waals surface area contributed by atoms with Crippen LogP contribution < -0.4 is 10.6 Å². The quantitative estimate of drug-likeness (QED) is 0.641. The minimum absolute atomic E-state index is 0.0889. The molecule has 82 valence electrons. The van der Waals surface area contributed by atoms with Gasteiger partial charge in [0.2, 0.25) is 5.91 Å². The lowest BCUT2D eigenvalue weighted by atomic mass is 10.2.